The Bertz CT molecular complexity index is 88.9. The number of ether oxygens (including phenoxy) is 1. The van der Waals surface area contributed by atoms with Gasteiger partial charge in [0.1, 0.15) is 0 Å². The summed E-state index contributed by atoms with van der Waals surface area (Å²) < 4.78 is 5.36. The van der Waals surface area contributed by atoms with E-state index in [1.54, 1.807) is 0 Å². The maximum Gasteiger partial charge on any atom is 0.0800 e. The average Bonchev–Trinajstić information content (AvgIpc) is 1.79. The van der Waals surface area contributed by atoms with Gasteiger partial charge in [-0.2, -0.15) is 0 Å². The van der Waals surface area contributed by atoms with E-state index in [0.717, 1.165) is 19.7 Å². The second-order valence-corrected chi connectivity index (χ2v) is 2.83. The Morgan fingerprint density at radius 1 is 1.67 bits per heavy atom. The monoisotopic (exact) mass is 129 g/mol. The molecule has 0 radical (unpaired) electrons. The SMILES string of the molecule is CCNCC1(C)CCO1. The summed E-state index contributed by atoms with van der Waals surface area (Å²) in [6.45, 7) is 7.26. The molecule has 0 aromatic heterocycles. The summed E-state index contributed by atoms with van der Waals surface area (Å²) in [6, 6.07) is 0. The Morgan fingerprint density at radius 2 is 2.33 bits per heavy atom. The van der Waals surface area contributed by atoms with Crippen molar-refractivity contribution in [2.75, 3.05) is 19.7 Å². The first kappa shape index (κ1) is 7.03. The van der Waals surface area contributed by atoms with Crippen LogP contribution in [0, 0.1) is 0 Å². The highest BCUT2D eigenvalue weighted by Gasteiger charge is 2.31. The minimum atomic E-state index is 0.163. The van der Waals surface area contributed by atoms with Crippen LogP contribution in [0.5, 0.6) is 0 Å². The highest BCUT2D eigenvalue weighted by atomic mass is 16.5. The lowest BCUT2D eigenvalue weighted by atomic mass is 9.98. The van der Waals surface area contributed by atoms with Gasteiger partial charge in [0.05, 0.1) is 12.2 Å². The van der Waals surface area contributed by atoms with Gasteiger partial charge in [0.15, 0.2) is 0 Å². The van der Waals surface area contributed by atoms with Crippen LogP contribution in [-0.2, 0) is 4.74 Å². The summed E-state index contributed by atoms with van der Waals surface area (Å²) >= 11 is 0. The van der Waals surface area contributed by atoms with E-state index in [0.29, 0.717) is 0 Å². The number of likely N-dealkylation sites (N-methyl/N-ethyl adjacent to an activating group) is 1. The second kappa shape index (κ2) is 2.67. The van der Waals surface area contributed by atoms with Crippen LogP contribution in [0.3, 0.4) is 0 Å². The first-order chi connectivity index (χ1) is 4.27. The predicted molar refractivity (Wildman–Crippen MR) is 37.5 cm³/mol. The molecule has 1 atom stereocenters. The van der Waals surface area contributed by atoms with Crippen LogP contribution in [0.15, 0.2) is 0 Å². The van der Waals surface area contributed by atoms with Gasteiger partial charge in [-0.1, -0.05) is 6.92 Å². The van der Waals surface area contributed by atoms with Gasteiger partial charge in [0, 0.05) is 13.0 Å². The summed E-state index contributed by atoms with van der Waals surface area (Å²) in [6.07, 6.45) is 1.21. The molecule has 0 aromatic carbocycles. The minimum absolute atomic E-state index is 0.163. The van der Waals surface area contributed by atoms with E-state index in [4.69, 9.17) is 4.74 Å². The van der Waals surface area contributed by atoms with Crippen LogP contribution in [0.2, 0.25) is 0 Å². The molecular weight excluding hydrogens is 114 g/mol. The Hall–Kier alpha value is -0.0800. The van der Waals surface area contributed by atoms with Crippen molar-refractivity contribution in [2.45, 2.75) is 25.9 Å². The normalized spacial score (nSPS) is 34.0. The Balaban J connectivity index is 2.09. The van der Waals surface area contributed by atoms with E-state index in [9.17, 15) is 0 Å². The summed E-state index contributed by atoms with van der Waals surface area (Å²) in [7, 11) is 0. The molecule has 1 N–H and O–H groups in total. The number of hydrogen-bond donors (Lipinski definition) is 1. The number of hydrogen-bond acceptors (Lipinski definition) is 2. The maximum absolute atomic E-state index is 5.36. The van der Waals surface area contributed by atoms with Crippen LogP contribution >= 0.6 is 0 Å². The molecule has 0 spiro atoms. The number of rotatable bonds is 3. The Labute approximate surface area is 56.6 Å². The molecule has 1 unspecified atom stereocenters. The van der Waals surface area contributed by atoms with Gasteiger partial charge in [0.25, 0.3) is 0 Å². The molecule has 2 nitrogen and oxygen atoms in total. The third kappa shape index (κ3) is 1.66. The zero-order chi connectivity index (χ0) is 6.74. The van der Waals surface area contributed by atoms with Crippen molar-refractivity contribution in [2.24, 2.45) is 0 Å². The molecule has 2 heteroatoms. The van der Waals surface area contributed by atoms with Gasteiger partial charge in [0.2, 0.25) is 0 Å². The van der Waals surface area contributed by atoms with Gasteiger partial charge < -0.3 is 10.1 Å². The fourth-order valence-corrected chi connectivity index (χ4v) is 0.979. The third-order valence-electron chi connectivity index (χ3n) is 1.83. The topological polar surface area (TPSA) is 21.3 Å². The maximum atomic E-state index is 5.36. The Kier molecular flexibility index (Phi) is 2.09. The largest absolute Gasteiger partial charge is 0.374 e. The average molecular weight is 129 g/mol. The molecule has 1 saturated heterocycles. The lowest BCUT2D eigenvalue weighted by molar-refractivity contribution is -0.130. The molecule has 1 rings (SSSR count). The van der Waals surface area contributed by atoms with Crippen molar-refractivity contribution < 1.29 is 4.74 Å². The first-order valence-electron chi connectivity index (χ1n) is 3.61. The fraction of sp³-hybridized carbons (Fsp3) is 1.00. The van der Waals surface area contributed by atoms with Gasteiger partial charge in [-0.05, 0) is 13.5 Å². The van der Waals surface area contributed by atoms with Crippen molar-refractivity contribution in [3.63, 3.8) is 0 Å². The fourth-order valence-electron chi connectivity index (χ4n) is 0.979. The molecule has 1 aliphatic rings. The molecule has 54 valence electrons. The molecule has 1 heterocycles. The smallest absolute Gasteiger partial charge is 0.0800 e. The molecule has 9 heavy (non-hydrogen) atoms. The van der Waals surface area contributed by atoms with Crippen molar-refractivity contribution in [3.05, 3.63) is 0 Å². The summed E-state index contributed by atoms with van der Waals surface area (Å²) in [5, 5.41) is 3.27. The van der Waals surface area contributed by atoms with Gasteiger partial charge in [-0.15, -0.1) is 0 Å². The molecule has 0 aliphatic carbocycles. The van der Waals surface area contributed by atoms with E-state index >= 15 is 0 Å². The van der Waals surface area contributed by atoms with E-state index < -0.39 is 0 Å². The third-order valence-corrected chi connectivity index (χ3v) is 1.83. The summed E-state index contributed by atoms with van der Waals surface area (Å²) in [5.41, 5.74) is 0.163. The zero-order valence-corrected chi connectivity index (χ0v) is 6.24. The second-order valence-electron chi connectivity index (χ2n) is 2.83. The lowest BCUT2D eigenvalue weighted by Crippen LogP contribution is -2.48. The van der Waals surface area contributed by atoms with E-state index in [2.05, 4.69) is 19.2 Å². The highest BCUT2D eigenvalue weighted by Crippen LogP contribution is 2.23. The van der Waals surface area contributed by atoms with Crippen molar-refractivity contribution >= 4 is 0 Å². The summed E-state index contributed by atoms with van der Waals surface area (Å²) in [5.74, 6) is 0. The lowest BCUT2D eigenvalue weighted by Gasteiger charge is -2.38. The van der Waals surface area contributed by atoms with Gasteiger partial charge >= 0.3 is 0 Å². The van der Waals surface area contributed by atoms with Crippen LogP contribution < -0.4 is 5.32 Å². The minimum Gasteiger partial charge on any atom is -0.374 e. The molecule has 0 amide bonds. The van der Waals surface area contributed by atoms with Crippen LogP contribution in [-0.4, -0.2) is 25.3 Å². The Morgan fingerprint density at radius 3 is 2.67 bits per heavy atom. The first-order valence-corrected chi connectivity index (χ1v) is 3.61. The van der Waals surface area contributed by atoms with Gasteiger partial charge in [-0.3, -0.25) is 0 Å². The van der Waals surface area contributed by atoms with Crippen molar-refractivity contribution in [1.29, 1.82) is 0 Å². The van der Waals surface area contributed by atoms with Gasteiger partial charge in [-0.25, -0.2) is 0 Å². The molecule has 1 fully saturated rings. The van der Waals surface area contributed by atoms with E-state index in [1.807, 2.05) is 0 Å². The molecule has 1 aliphatic heterocycles. The number of nitrogens with one attached hydrogen (secondary N) is 1. The van der Waals surface area contributed by atoms with E-state index in [-0.39, 0.29) is 5.60 Å². The highest BCUT2D eigenvalue weighted by molar-refractivity contribution is 4.84. The molecular formula is C7H15NO. The standard InChI is InChI=1S/C7H15NO/c1-3-8-6-7(2)4-5-9-7/h8H,3-6H2,1-2H3. The van der Waals surface area contributed by atoms with E-state index in [1.165, 1.54) is 6.42 Å². The summed E-state index contributed by atoms with van der Waals surface area (Å²) in [4.78, 5) is 0. The molecule has 0 saturated carbocycles. The molecule has 0 aromatic rings. The van der Waals surface area contributed by atoms with Crippen molar-refractivity contribution in [3.8, 4) is 0 Å². The zero-order valence-electron chi connectivity index (χ0n) is 6.24. The van der Waals surface area contributed by atoms with Crippen LogP contribution in [0.4, 0.5) is 0 Å². The van der Waals surface area contributed by atoms with Crippen molar-refractivity contribution in [1.82, 2.24) is 5.32 Å². The van der Waals surface area contributed by atoms with Crippen LogP contribution in [0.1, 0.15) is 20.3 Å². The van der Waals surface area contributed by atoms with Crippen LogP contribution in [0.25, 0.3) is 0 Å². The predicted octanol–water partition coefficient (Wildman–Crippen LogP) is 0.775. The quantitative estimate of drug-likeness (QED) is 0.608. The molecule has 0 bridgehead atoms.